The van der Waals surface area contributed by atoms with Crippen molar-refractivity contribution in [3.05, 3.63) is 47.2 Å². The van der Waals surface area contributed by atoms with Gasteiger partial charge in [0.15, 0.2) is 0 Å². The molecule has 1 aromatic rings. The Morgan fingerprint density at radius 1 is 1.24 bits per heavy atom. The molecule has 0 N–H and O–H groups in total. The summed E-state index contributed by atoms with van der Waals surface area (Å²) in [6.45, 7) is 1.98. The van der Waals surface area contributed by atoms with Crippen LogP contribution < -0.4 is 0 Å². The van der Waals surface area contributed by atoms with Crippen LogP contribution in [-0.2, 0) is 19.0 Å². The Balaban J connectivity index is 2.20. The molecule has 0 aliphatic carbocycles. The Bertz CT molecular complexity index is 632. The van der Waals surface area contributed by atoms with Crippen LogP contribution in [0.5, 0.6) is 0 Å². The Hall–Kier alpha value is -1.54. The van der Waals surface area contributed by atoms with Crippen molar-refractivity contribution in [2.45, 2.75) is 25.0 Å². The molecule has 1 aliphatic heterocycles. The number of hydrogen-bond donors (Lipinski definition) is 0. The van der Waals surface area contributed by atoms with Crippen LogP contribution in [0.25, 0.3) is 0 Å². The van der Waals surface area contributed by atoms with Crippen LogP contribution in [0, 0.1) is 6.92 Å². The van der Waals surface area contributed by atoms with Gasteiger partial charge < -0.3 is 8.92 Å². The van der Waals surface area contributed by atoms with Gasteiger partial charge in [-0.2, -0.15) is 21.6 Å². The summed E-state index contributed by atoms with van der Waals surface area (Å²) in [4.78, 5) is 0. The molecule has 1 aromatic carbocycles. The van der Waals surface area contributed by atoms with E-state index in [-0.39, 0.29) is 18.8 Å². The molecule has 2 rings (SSSR count). The van der Waals surface area contributed by atoms with Gasteiger partial charge in [-0.15, -0.1) is 0 Å². The first-order valence-corrected chi connectivity index (χ1v) is 7.49. The maximum Gasteiger partial charge on any atom is 0.534 e. The van der Waals surface area contributed by atoms with Crippen molar-refractivity contribution in [1.82, 2.24) is 0 Å². The molecule has 0 spiro atoms. The van der Waals surface area contributed by atoms with E-state index in [4.69, 9.17) is 4.74 Å². The molecule has 0 saturated carbocycles. The molecule has 116 valence electrons. The van der Waals surface area contributed by atoms with Crippen LogP contribution in [-0.4, -0.2) is 20.5 Å². The molecule has 1 unspecified atom stereocenters. The van der Waals surface area contributed by atoms with Gasteiger partial charge >= 0.3 is 15.6 Å². The summed E-state index contributed by atoms with van der Waals surface area (Å²) in [6.07, 6.45) is 0.590. The molecular formula is C13H13F3O4S. The first-order chi connectivity index (χ1) is 9.69. The van der Waals surface area contributed by atoms with E-state index >= 15 is 0 Å². The van der Waals surface area contributed by atoms with Crippen molar-refractivity contribution in [2.75, 3.05) is 6.61 Å². The maximum absolute atomic E-state index is 12.3. The van der Waals surface area contributed by atoms with Gasteiger partial charge in [-0.05, 0) is 18.6 Å². The first kappa shape index (κ1) is 15.8. The summed E-state index contributed by atoms with van der Waals surface area (Å²) in [5, 5.41) is 0. The molecule has 1 heterocycles. The summed E-state index contributed by atoms with van der Waals surface area (Å²) in [6, 6.07) is 7.18. The zero-order chi connectivity index (χ0) is 15.7. The summed E-state index contributed by atoms with van der Waals surface area (Å²) >= 11 is 0. The van der Waals surface area contributed by atoms with Crippen molar-refractivity contribution < 1.29 is 30.5 Å². The van der Waals surface area contributed by atoms with Crippen molar-refractivity contribution >= 4 is 10.1 Å². The average molecular weight is 322 g/mol. The lowest BCUT2D eigenvalue weighted by atomic mass is 10.0. The molecular weight excluding hydrogens is 309 g/mol. The van der Waals surface area contributed by atoms with E-state index in [1.165, 1.54) is 6.08 Å². The fourth-order valence-electron chi connectivity index (χ4n) is 1.79. The van der Waals surface area contributed by atoms with Gasteiger partial charge in [0.1, 0.15) is 11.9 Å². The maximum atomic E-state index is 12.3. The van der Waals surface area contributed by atoms with Crippen molar-refractivity contribution in [1.29, 1.82) is 0 Å². The fourth-order valence-corrected chi connectivity index (χ4v) is 2.31. The lowest BCUT2D eigenvalue weighted by molar-refractivity contribution is -0.0530. The Morgan fingerprint density at radius 3 is 2.43 bits per heavy atom. The molecule has 8 heteroatoms. The number of hydrogen-bond acceptors (Lipinski definition) is 4. The molecule has 0 fully saturated rings. The van der Waals surface area contributed by atoms with Crippen LogP contribution in [0.4, 0.5) is 13.2 Å². The topological polar surface area (TPSA) is 52.6 Å². The van der Waals surface area contributed by atoms with Gasteiger partial charge in [0.25, 0.3) is 0 Å². The number of aryl methyl sites for hydroxylation is 1. The third-order valence-electron chi connectivity index (χ3n) is 2.89. The van der Waals surface area contributed by atoms with E-state index < -0.39 is 21.7 Å². The number of rotatable bonds is 3. The minimum absolute atomic E-state index is 0.0301. The van der Waals surface area contributed by atoms with Crippen LogP contribution in [0.2, 0.25) is 0 Å². The van der Waals surface area contributed by atoms with Crippen molar-refractivity contribution in [3.63, 3.8) is 0 Å². The highest BCUT2D eigenvalue weighted by Crippen LogP contribution is 2.31. The predicted molar refractivity (Wildman–Crippen MR) is 68.6 cm³/mol. The van der Waals surface area contributed by atoms with E-state index in [0.29, 0.717) is 5.56 Å². The lowest BCUT2D eigenvalue weighted by Gasteiger charge is -2.22. The quantitative estimate of drug-likeness (QED) is 0.633. The molecule has 0 bridgehead atoms. The molecule has 1 atom stereocenters. The summed E-state index contributed by atoms with van der Waals surface area (Å²) in [5.41, 5.74) is -3.70. The van der Waals surface area contributed by atoms with Gasteiger partial charge in [0.2, 0.25) is 0 Å². The fraction of sp³-hybridized carbons (Fsp3) is 0.385. The van der Waals surface area contributed by atoms with Gasteiger partial charge in [0.05, 0.1) is 6.61 Å². The Morgan fingerprint density at radius 2 is 1.86 bits per heavy atom. The average Bonchev–Trinajstić information content (AvgIpc) is 2.38. The monoisotopic (exact) mass is 322 g/mol. The Kier molecular flexibility index (Phi) is 4.29. The number of alkyl halides is 3. The summed E-state index contributed by atoms with van der Waals surface area (Å²) in [7, 11) is -5.63. The van der Waals surface area contributed by atoms with Crippen LogP contribution in [0.3, 0.4) is 0 Å². The first-order valence-electron chi connectivity index (χ1n) is 6.09. The van der Waals surface area contributed by atoms with E-state index in [0.717, 1.165) is 5.56 Å². The summed E-state index contributed by atoms with van der Waals surface area (Å²) < 4.78 is 68.4. The number of halogens is 3. The minimum Gasteiger partial charge on any atom is -0.381 e. The SMILES string of the molecule is Cc1ccc(C2C=C(OS(=O)(=O)C(F)(F)F)CCO2)cc1. The molecule has 1 aliphatic rings. The van der Waals surface area contributed by atoms with E-state index in [2.05, 4.69) is 4.18 Å². The third-order valence-corrected chi connectivity index (χ3v) is 3.89. The Labute approximate surface area is 120 Å². The van der Waals surface area contributed by atoms with E-state index in [1.54, 1.807) is 12.1 Å². The zero-order valence-corrected chi connectivity index (χ0v) is 11.9. The highest BCUT2D eigenvalue weighted by molar-refractivity contribution is 7.87. The van der Waals surface area contributed by atoms with Crippen LogP contribution >= 0.6 is 0 Å². The highest BCUT2D eigenvalue weighted by atomic mass is 32.2. The molecule has 0 aromatic heterocycles. The zero-order valence-electron chi connectivity index (χ0n) is 11.1. The van der Waals surface area contributed by atoms with E-state index in [9.17, 15) is 21.6 Å². The largest absolute Gasteiger partial charge is 0.534 e. The predicted octanol–water partition coefficient (Wildman–Crippen LogP) is 3.21. The van der Waals surface area contributed by atoms with Gasteiger partial charge in [-0.3, -0.25) is 0 Å². The molecule has 0 saturated heterocycles. The van der Waals surface area contributed by atoms with Crippen LogP contribution in [0.1, 0.15) is 23.7 Å². The van der Waals surface area contributed by atoms with Crippen molar-refractivity contribution in [3.8, 4) is 0 Å². The molecule has 0 radical (unpaired) electrons. The van der Waals surface area contributed by atoms with E-state index in [1.807, 2.05) is 19.1 Å². The standard InChI is InChI=1S/C13H13F3O4S/c1-9-2-4-10(5-3-9)12-8-11(6-7-19-12)20-21(17,18)13(14,15)16/h2-5,8,12H,6-7H2,1H3. The van der Waals surface area contributed by atoms with Gasteiger partial charge in [0, 0.05) is 6.42 Å². The second kappa shape index (κ2) is 5.69. The normalized spacial score (nSPS) is 20.0. The number of benzene rings is 1. The van der Waals surface area contributed by atoms with Gasteiger partial charge in [-0.1, -0.05) is 29.8 Å². The summed E-state index contributed by atoms with van der Waals surface area (Å²) in [5.74, 6) is -0.260. The van der Waals surface area contributed by atoms with Crippen molar-refractivity contribution in [2.24, 2.45) is 0 Å². The molecule has 0 amide bonds. The minimum atomic E-state index is -5.63. The lowest BCUT2D eigenvalue weighted by Crippen LogP contribution is -2.26. The smallest absolute Gasteiger partial charge is 0.381 e. The molecule has 4 nitrogen and oxygen atoms in total. The number of ether oxygens (including phenoxy) is 1. The highest BCUT2D eigenvalue weighted by Gasteiger charge is 2.49. The second-order valence-corrected chi connectivity index (χ2v) is 6.11. The van der Waals surface area contributed by atoms with Crippen LogP contribution in [0.15, 0.2) is 36.1 Å². The molecule has 21 heavy (non-hydrogen) atoms. The third kappa shape index (κ3) is 3.76. The van der Waals surface area contributed by atoms with Gasteiger partial charge in [-0.25, -0.2) is 0 Å². The second-order valence-electron chi connectivity index (χ2n) is 4.57.